The van der Waals surface area contributed by atoms with Gasteiger partial charge in [-0.1, -0.05) is 6.92 Å². The Labute approximate surface area is 116 Å². The summed E-state index contributed by atoms with van der Waals surface area (Å²) in [5.41, 5.74) is 0. The van der Waals surface area contributed by atoms with Crippen molar-refractivity contribution in [2.45, 2.75) is 13.3 Å². The van der Waals surface area contributed by atoms with Gasteiger partial charge in [-0.25, -0.2) is 4.98 Å². The van der Waals surface area contributed by atoms with Crippen molar-refractivity contribution < 1.29 is 4.74 Å². The number of likely N-dealkylation sites (N-methyl/N-ethyl adjacent to an activating group) is 1. The smallest absolute Gasteiger partial charge is 0.227 e. The van der Waals surface area contributed by atoms with Crippen molar-refractivity contribution >= 4 is 33.2 Å². The number of nitrogens with zero attached hydrogens (tertiary/aromatic N) is 3. The maximum atomic E-state index is 5.91. The second kappa shape index (κ2) is 5.82. The van der Waals surface area contributed by atoms with Gasteiger partial charge < -0.3 is 9.64 Å². The highest BCUT2D eigenvalue weighted by Gasteiger charge is 2.11. The van der Waals surface area contributed by atoms with Gasteiger partial charge >= 0.3 is 0 Å². The van der Waals surface area contributed by atoms with E-state index < -0.39 is 0 Å². The minimum Gasteiger partial charge on any atom is -0.476 e. The number of thiophene rings is 1. The lowest BCUT2D eigenvalue weighted by molar-refractivity contribution is 0.256. The van der Waals surface area contributed by atoms with Crippen LogP contribution in [0.25, 0.3) is 10.2 Å². The molecule has 0 atom stereocenters. The van der Waals surface area contributed by atoms with Gasteiger partial charge in [0.2, 0.25) is 11.2 Å². The topological polar surface area (TPSA) is 38.2 Å². The standard InChI is InChI=1S/C12H16ClN3OS/c1-4-8-7-9-10(17-6-5-16(2)3)14-12(13)15-11(9)18-8/h7H,4-6H2,1-3H3. The molecule has 0 saturated heterocycles. The summed E-state index contributed by atoms with van der Waals surface area (Å²) in [7, 11) is 4.01. The predicted molar refractivity (Wildman–Crippen MR) is 75.9 cm³/mol. The molecule has 0 aliphatic heterocycles. The molecule has 0 radical (unpaired) electrons. The summed E-state index contributed by atoms with van der Waals surface area (Å²) in [5, 5.41) is 1.20. The number of ether oxygens (including phenoxy) is 1. The number of hydrogen-bond donors (Lipinski definition) is 0. The molecule has 0 amide bonds. The molecule has 2 rings (SSSR count). The summed E-state index contributed by atoms with van der Waals surface area (Å²) < 4.78 is 5.70. The van der Waals surface area contributed by atoms with Crippen molar-refractivity contribution in [3.05, 3.63) is 16.2 Å². The third-order valence-electron chi connectivity index (χ3n) is 2.51. The Morgan fingerprint density at radius 3 is 2.83 bits per heavy atom. The monoisotopic (exact) mass is 285 g/mol. The third-order valence-corrected chi connectivity index (χ3v) is 3.85. The Bertz CT molecular complexity index is 541. The number of aryl methyl sites for hydroxylation is 1. The van der Waals surface area contributed by atoms with Crippen LogP contribution in [0.5, 0.6) is 5.88 Å². The second-order valence-electron chi connectivity index (χ2n) is 4.23. The minimum atomic E-state index is 0.242. The number of hydrogen-bond acceptors (Lipinski definition) is 5. The van der Waals surface area contributed by atoms with Crippen LogP contribution in [-0.2, 0) is 6.42 Å². The fourth-order valence-corrected chi connectivity index (χ4v) is 2.70. The normalized spacial score (nSPS) is 11.4. The van der Waals surface area contributed by atoms with Crippen molar-refractivity contribution in [3.63, 3.8) is 0 Å². The molecule has 2 heterocycles. The first-order chi connectivity index (χ1) is 8.60. The van der Waals surface area contributed by atoms with Crippen molar-refractivity contribution in [2.75, 3.05) is 27.2 Å². The summed E-state index contributed by atoms with van der Waals surface area (Å²) in [6, 6.07) is 2.08. The molecule has 4 nitrogen and oxygen atoms in total. The molecule has 0 unspecified atom stereocenters. The highest BCUT2D eigenvalue weighted by Crippen LogP contribution is 2.31. The third kappa shape index (κ3) is 3.10. The summed E-state index contributed by atoms with van der Waals surface area (Å²) in [4.78, 5) is 12.6. The van der Waals surface area contributed by atoms with Crippen molar-refractivity contribution in [1.29, 1.82) is 0 Å². The molecule has 2 aromatic heterocycles. The molecular formula is C12H16ClN3OS. The Balaban J connectivity index is 2.27. The number of aromatic nitrogens is 2. The molecule has 2 aromatic rings. The zero-order valence-corrected chi connectivity index (χ0v) is 12.3. The van der Waals surface area contributed by atoms with Gasteiger partial charge in [0.1, 0.15) is 11.4 Å². The zero-order chi connectivity index (χ0) is 13.1. The van der Waals surface area contributed by atoms with Crippen LogP contribution < -0.4 is 4.74 Å². The molecule has 0 saturated carbocycles. The number of fused-ring (bicyclic) bond motifs is 1. The van der Waals surface area contributed by atoms with Crippen LogP contribution in [0.2, 0.25) is 5.28 Å². The van der Waals surface area contributed by atoms with Gasteiger partial charge in [0.05, 0.1) is 5.39 Å². The molecular weight excluding hydrogens is 270 g/mol. The quantitative estimate of drug-likeness (QED) is 0.792. The van der Waals surface area contributed by atoms with Crippen LogP contribution in [0.1, 0.15) is 11.8 Å². The minimum absolute atomic E-state index is 0.242. The highest BCUT2D eigenvalue weighted by atomic mass is 35.5. The van der Waals surface area contributed by atoms with E-state index in [4.69, 9.17) is 16.3 Å². The SMILES string of the molecule is CCc1cc2c(OCCN(C)C)nc(Cl)nc2s1. The van der Waals surface area contributed by atoms with E-state index in [0.29, 0.717) is 12.5 Å². The van der Waals surface area contributed by atoms with Crippen molar-refractivity contribution in [3.8, 4) is 5.88 Å². The lowest BCUT2D eigenvalue weighted by Gasteiger charge is -2.10. The molecule has 18 heavy (non-hydrogen) atoms. The van der Waals surface area contributed by atoms with Crippen molar-refractivity contribution in [1.82, 2.24) is 14.9 Å². The summed E-state index contributed by atoms with van der Waals surface area (Å²) in [6.07, 6.45) is 0.982. The van der Waals surface area contributed by atoms with Gasteiger partial charge in [0, 0.05) is 11.4 Å². The van der Waals surface area contributed by atoms with Crippen molar-refractivity contribution in [2.24, 2.45) is 0 Å². The predicted octanol–water partition coefficient (Wildman–Crippen LogP) is 2.85. The molecule has 0 N–H and O–H groups in total. The van der Waals surface area contributed by atoms with Crippen LogP contribution in [-0.4, -0.2) is 42.1 Å². The lowest BCUT2D eigenvalue weighted by Crippen LogP contribution is -2.19. The van der Waals surface area contributed by atoms with Gasteiger partial charge in [-0.3, -0.25) is 0 Å². The first-order valence-corrected chi connectivity index (χ1v) is 7.03. The number of rotatable bonds is 5. The lowest BCUT2D eigenvalue weighted by atomic mass is 10.3. The van der Waals surface area contributed by atoms with Crippen LogP contribution in [0.15, 0.2) is 6.07 Å². The second-order valence-corrected chi connectivity index (χ2v) is 5.69. The van der Waals surface area contributed by atoms with Gasteiger partial charge in [0.15, 0.2) is 0 Å². The molecule has 0 bridgehead atoms. The van der Waals surface area contributed by atoms with E-state index in [1.807, 2.05) is 14.1 Å². The average molecular weight is 286 g/mol. The Morgan fingerprint density at radius 2 is 2.17 bits per heavy atom. The Kier molecular flexibility index (Phi) is 4.37. The average Bonchev–Trinajstić information content (AvgIpc) is 2.71. The van der Waals surface area contributed by atoms with Gasteiger partial charge in [-0.05, 0) is 38.2 Å². The van der Waals surface area contributed by atoms with E-state index >= 15 is 0 Å². The number of halogens is 1. The first-order valence-electron chi connectivity index (χ1n) is 5.83. The fraction of sp³-hybridized carbons (Fsp3) is 0.500. The molecule has 0 aliphatic carbocycles. The summed E-state index contributed by atoms with van der Waals surface area (Å²) in [6.45, 7) is 3.55. The van der Waals surface area contributed by atoms with Gasteiger partial charge in [-0.2, -0.15) is 4.98 Å². The highest BCUT2D eigenvalue weighted by molar-refractivity contribution is 7.18. The van der Waals surface area contributed by atoms with Gasteiger partial charge in [-0.15, -0.1) is 11.3 Å². The molecule has 0 aromatic carbocycles. The van der Waals surface area contributed by atoms with Crippen LogP contribution in [0.4, 0.5) is 0 Å². The van der Waals surface area contributed by atoms with E-state index in [2.05, 4.69) is 27.9 Å². The maximum absolute atomic E-state index is 5.91. The molecule has 0 spiro atoms. The van der Waals surface area contributed by atoms with E-state index in [0.717, 1.165) is 23.2 Å². The first kappa shape index (κ1) is 13.5. The van der Waals surface area contributed by atoms with Crippen LogP contribution >= 0.6 is 22.9 Å². The van der Waals surface area contributed by atoms with E-state index in [9.17, 15) is 0 Å². The molecule has 6 heteroatoms. The Hall–Kier alpha value is -0.910. The van der Waals surface area contributed by atoms with Gasteiger partial charge in [0.25, 0.3) is 0 Å². The van der Waals surface area contributed by atoms with Crippen LogP contribution in [0, 0.1) is 0 Å². The van der Waals surface area contributed by atoms with E-state index in [-0.39, 0.29) is 5.28 Å². The molecule has 0 aliphatic rings. The maximum Gasteiger partial charge on any atom is 0.227 e. The van der Waals surface area contributed by atoms with E-state index in [1.54, 1.807) is 11.3 Å². The van der Waals surface area contributed by atoms with Crippen LogP contribution in [0.3, 0.4) is 0 Å². The zero-order valence-electron chi connectivity index (χ0n) is 10.7. The summed E-state index contributed by atoms with van der Waals surface area (Å²) in [5.74, 6) is 0.586. The summed E-state index contributed by atoms with van der Waals surface area (Å²) >= 11 is 7.55. The van der Waals surface area contributed by atoms with E-state index in [1.165, 1.54) is 4.88 Å². The molecule has 98 valence electrons. The molecule has 0 fully saturated rings. The largest absolute Gasteiger partial charge is 0.476 e. The fourth-order valence-electron chi connectivity index (χ4n) is 1.53. The Morgan fingerprint density at radius 1 is 1.39 bits per heavy atom.